The second-order valence-electron chi connectivity index (χ2n) is 9.10. The van der Waals surface area contributed by atoms with Crippen molar-refractivity contribution in [2.24, 2.45) is 0 Å². The van der Waals surface area contributed by atoms with E-state index in [0.29, 0.717) is 43.8 Å². The highest BCUT2D eigenvalue weighted by atomic mass is 127. The number of benzene rings is 2. The fourth-order valence-electron chi connectivity index (χ4n) is 5.20. The van der Waals surface area contributed by atoms with Crippen LogP contribution in [0.25, 0.3) is 16.3 Å². The zero-order valence-electron chi connectivity index (χ0n) is 19.4. The number of nitrogens with zero attached hydrogens (tertiary/aromatic N) is 2. The van der Waals surface area contributed by atoms with E-state index in [1.165, 1.54) is 11.8 Å². The number of hydrogen-bond donors (Lipinski definition) is 2. The summed E-state index contributed by atoms with van der Waals surface area (Å²) in [6, 6.07) is 11.6. The van der Waals surface area contributed by atoms with Crippen LogP contribution in [-0.2, 0) is 26.8 Å². The Labute approximate surface area is 242 Å². The molecular weight excluding hydrogens is 691 g/mol. The van der Waals surface area contributed by atoms with Crippen LogP contribution in [-0.4, -0.2) is 43.6 Å². The van der Waals surface area contributed by atoms with Gasteiger partial charge in [-0.3, -0.25) is 9.11 Å². The molecule has 2 unspecified atom stereocenters. The van der Waals surface area contributed by atoms with Gasteiger partial charge in [-0.1, -0.05) is 22.9 Å². The molecule has 1 aromatic heterocycles. The van der Waals surface area contributed by atoms with Gasteiger partial charge >= 0.3 is 10.1 Å². The summed E-state index contributed by atoms with van der Waals surface area (Å²) in [7, 11) is -8.39. The lowest BCUT2D eigenvalue weighted by Gasteiger charge is -2.34. The van der Waals surface area contributed by atoms with Gasteiger partial charge in [0.2, 0.25) is 10.9 Å². The maximum absolute atomic E-state index is 12.6. The topological polar surface area (TPSA) is 113 Å². The van der Waals surface area contributed by atoms with Gasteiger partial charge in [0.1, 0.15) is 4.70 Å². The summed E-state index contributed by atoms with van der Waals surface area (Å²) < 4.78 is 71.1. The van der Waals surface area contributed by atoms with Crippen LogP contribution in [0.15, 0.2) is 46.3 Å². The number of thioether (sulfide) groups is 1. The third kappa shape index (κ3) is 5.48. The molecule has 2 aliphatic heterocycles. The van der Waals surface area contributed by atoms with Crippen molar-refractivity contribution in [3.8, 4) is 0 Å². The molecule has 3 aromatic rings. The summed E-state index contributed by atoms with van der Waals surface area (Å²) in [6.45, 7) is 1.05. The minimum absolute atomic E-state index is 0.00787. The van der Waals surface area contributed by atoms with E-state index in [-0.39, 0.29) is 10.2 Å². The Morgan fingerprint density at radius 1 is 1.14 bits per heavy atom. The molecule has 0 amide bonds. The van der Waals surface area contributed by atoms with Crippen LogP contribution in [0, 0.1) is 3.57 Å². The largest absolute Gasteiger partial charge is 0.320 e. The average molecular weight is 715 g/mol. The van der Waals surface area contributed by atoms with Crippen molar-refractivity contribution < 1.29 is 30.5 Å². The van der Waals surface area contributed by atoms with Gasteiger partial charge in [0.15, 0.2) is 17.3 Å². The van der Waals surface area contributed by atoms with Crippen molar-refractivity contribution in [2.75, 3.05) is 12.3 Å². The van der Waals surface area contributed by atoms with Crippen molar-refractivity contribution in [1.29, 1.82) is 0 Å². The molecule has 0 radical (unpaired) electrons. The van der Waals surface area contributed by atoms with Gasteiger partial charge in [-0.15, -0.1) is 0 Å². The molecule has 0 saturated carbocycles. The molecule has 2 atom stereocenters. The van der Waals surface area contributed by atoms with Crippen molar-refractivity contribution in [3.63, 3.8) is 0 Å². The lowest BCUT2D eigenvalue weighted by Crippen LogP contribution is -2.53. The number of thiazole rings is 1. The van der Waals surface area contributed by atoms with Crippen LogP contribution in [0.1, 0.15) is 30.7 Å². The molecular formula is C23H24ClIN2O6S4+2. The molecule has 1 saturated heterocycles. The van der Waals surface area contributed by atoms with E-state index in [1.807, 2.05) is 24.3 Å². The molecule has 198 valence electrons. The zero-order valence-corrected chi connectivity index (χ0v) is 25.6. The number of halogens is 2. The van der Waals surface area contributed by atoms with Crippen LogP contribution < -0.4 is 9.05 Å². The van der Waals surface area contributed by atoms with Crippen LogP contribution in [0.3, 0.4) is 0 Å². The van der Waals surface area contributed by atoms with E-state index in [0.717, 1.165) is 34.4 Å². The highest BCUT2D eigenvalue weighted by Crippen LogP contribution is 2.57. The van der Waals surface area contributed by atoms with Gasteiger partial charge < -0.3 is 0 Å². The second kappa shape index (κ2) is 10.3. The SMILES string of the molecule is O=S(=O)(O)CCCC[n+]1c(C=C2Sc3ccc(Cl)cc3[N+]23CCCC3S(=O)(=O)O)sc2ccc(I)cc21. The Kier molecular flexibility index (Phi) is 7.75. The molecule has 2 N–H and O–H groups in total. The molecule has 5 rings (SSSR count). The molecule has 37 heavy (non-hydrogen) atoms. The van der Waals surface area contributed by atoms with Crippen molar-refractivity contribution in [2.45, 2.75) is 42.5 Å². The average Bonchev–Trinajstić information content (AvgIpc) is 3.47. The van der Waals surface area contributed by atoms with Crippen LogP contribution in [0.5, 0.6) is 0 Å². The van der Waals surface area contributed by atoms with Crippen molar-refractivity contribution >= 4 is 99.5 Å². The summed E-state index contributed by atoms with van der Waals surface area (Å²) in [4.78, 5) is 0.904. The maximum atomic E-state index is 12.6. The number of aromatic nitrogens is 1. The third-order valence-electron chi connectivity index (χ3n) is 6.73. The number of rotatable bonds is 7. The highest BCUT2D eigenvalue weighted by Gasteiger charge is 2.58. The van der Waals surface area contributed by atoms with E-state index in [1.54, 1.807) is 23.5 Å². The Hall–Kier alpha value is -0.780. The van der Waals surface area contributed by atoms with E-state index in [2.05, 4.69) is 33.2 Å². The Bertz CT molecular complexity index is 1640. The summed E-state index contributed by atoms with van der Waals surface area (Å²) >= 11 is 11.6. The van der Waals surface area contributed by atoms with Crippen LogP contribution in [0.4, 0.5) is 5.69 Å². The van der Waals surface area contributed by atoms with Crippen LogP contribution >= 0.6 is 57.3 Å². The normalized spacial score (nSPS) is 22.9. The molecule has 8 nitrogen and oxygen atoms in total. The molecule has 2 aromatic carbocycles. The molecule has 3 heterocycles. The van der Waals surface area contributed by atoms with E-state index in [9.17, 15) is 21.4 Å². The van der Waals surface area contributed by atoms with Crippen molar-refractivity contribution in [1.82, 2.24) is 4.48 Å². The summed E-state index contributed by atoms with van der Waals surface area (Å²) in [5.74, 6) is -0.300. The standard InChI is InChI=1S/C23H22ClIN2O6S4/c24-15-5-7-20-18(12-15)27(10-3-4-23(27)37(31,32)33)22(35-20)14-21-26(9-1-2-11-36(28,29)30)17-13-16(25)6-8-19(17)34-21/h5-8,12-14,23H,1-4,9-11H2/p+2. The smallest absolute Gasteiger partial charge is 0.286 e. The molecule has 14 heteroatoms. The minimum Gasteiger partial charge on any atom is -0.286 e. The summed E-state index contributed by atoms with van der Waals surface area (Å²) in [5, 5.41) is 1.17. The first-order chi connectivity index (χ1) is 17.4. The second-order valence-corrected chi connectivity index (χ2v) is 16.1. The van der Waals surface area contributed by atoms with Gasteiger partial charge in [0.05, 0.1) is 23.3 Å². The molecule has 2 aliphatic rings. The zero-order chi connectivity index (χ0) is 26.6. The number of aryl methyl sites for hydroxylation is 1. The quantitative estimate of drug-likeness (QED) is 0.109. The lowest BCUT2D eigenvalue weighted by molar-refractivity contribution is -0.669. The van der Waals surface area contributed by atoms with Crippen LogP contribution in [0.2, 0.25) is 5.02 Å². The predicted molar refractivity (Wildman–Crippen MR) is 157 cm³/mol. The summed E-state index contributed by atoms with van der Waals surface area (Å²) in [6.07, 6.45) is 3.82. The predicted octanol–water partition coefficient (Wildman–Crippen LogP) is 5.53. The first-order valence-electron chi connectivity index (χ1n) is 11.5. The molecule has 0 bridgehead atoms. The number of hydrogen-bond acceptors (Lipinski definition) is 6. The Morgan fingerprint density at radius 2 is 1.92 bits per heavy atom. The summed E-state index contributed by atoms with van der Waals surface area (Å²) in [5.41, 5.74) is 1.78. The minimum atomic E-state index is -4.36. The van der Waals surface area contributed by atoms with Gasteiger partial charge in [0, 0.05) is 40.0 Å². The van der Waals surface area contributed by atoms with E-state index >= 15 is 0 Å². The number of unbranched alkanes of at least 4 members (excludes halogenated alkanes) is 1. The number of fused-ring (bicyclic) bond motifs is 3. The molecule has 1 fully saturated rings. The number of quaternary nitrogens is 1. The lowest BCUT2D eigenvalue weighted by atomic mass is 10.2. The maximum Gasteiger partial charge on any atom is 0.320 e. The highest BCUT2D eigenvalue weighted by molar-refractivity contribution is 14.1. The molecule has 0 aliphatic carbocycles. The monoisotopic (exact) mass is 714 g/mol. The van der Waals surface area contributed by atoms with E-state index < -0.39 is 25.6 Å². The van der Waals surface area contributed by atoms with Gasteiger partial charge in [-0.05, 0) is 65.0 Å². The van der Waals surface area contributed by atoms with Gasteiger partial charge in [0.25, 0.3) is 15.1 Å². The fourth-order valence-corrected chi connectivity index (χ4v) is 10.2. The van der Waals surface area contributed by atoms with Gasteiger partial charge in [-0.25, -0.2) is 4.48 Å². The van der Waals surface area contributed by atoms with Crippen molar-refractivity contribution in [3.05, 3.63) is 55.0 Å². The first-order valence-corrected chi connectivity index (χ1v) is 17.7. The molecule has 1 spiro atoms. The first kappa shape index (κ1) is 27.8. The fraction of sp³-hybridized carbons (Fsp3) is 0.348. The Morgan fingerprint density at radius 3 is 2.65 bits per heavy atom. The van der Waals surface area contributed by atoms with E-state index in [4.69, 9.17) is 16.2 Å². The Balaban J connectivity index is 1.64. The van der Waals surface area contributed by atoms with Gasteiger partial charge in [-0.2, -0.15) is 21.4 Å². The third-order valence-corrected chi connectivity index (χ3v) is 12.1.